The van der Waals surface area contributed by atoms with Crippen molar-refractivity contribution in [3.8, 4) is 11.5 Å². The number of ether oxygens (including phenoxy) is 2. The lowest BCUT2D eigenvalue weighted by Crippen LogP contribution is -2.46. The lowest BCUT2D eigenvalue weighted by molar-refractivity contribution is -0.152. The van der Waals surface area contributed by atoms with Crippen LogP contribution in [0.25, 0.3) is 0 Å². The monoisotopic (exact) mass is 371 g/mol. The minimum atomic E-state index is -0.860. The highest BCUT2D eigenvalue weighted by Crippen LogP contribution is 2.50. The molecule has 1 amide bonds. The van der Waals surface area contributed by atoms with E-state index in [1.165, 1.54) is 0 Å². The third-order valence-electron chi connectivity index (χ3n) is 6.50. The summed E-state index contributed by atoms with van der Waals surface area (Å²) < 4.78 is 10.8. The van der Waals surface area contributed by atoms with Gasteiger partial charge < -0.3 is 19.5 Å². The van der Waals surface area contributed by atoms with Crippen LogP contribution in [0.2, 0.25) is 0 Å². The van der Waals surface area contributed by atoms with Gasteiger partial charge in [0.2, 0.25) is 5.91 Å². The summed E-state index contributed by atoms with van der Waals surface area (Å²) in [7, 11) is 3.21. The van der Waals surface area contributed by atoms with E-state index in [9.17, 15) is 14.7 Å². The smallest absolute Gasteiger partial charge is 0.307 e. The number of amides is 1. The first kappa shape index (κ1) is 17.9. The molecule has 27 heavy (non-hydrogen) atoms. The highest BCUT2D eigenvalue weighted by atomic mass is 16.5. The predicted molar refractivity (Wildman–Crippen MR) is 98.7 cm³/mol. The van der Waals surface area contributed by atoms with Gasteiger partial charge in [0, 0.05) is 6.54 Å². The average Bonchev–Trinajstić information content (AvgIpc) is 3.28. The van der Waals surface area contributed by atoms with Crippen molar-refractivity contribution in [3.63, 3.8) is 0 Å². The lowest BCUT2D eigenvalue weighted by Gasteiger charge is -2.39. The molecule has 1 heterocycles. The van der Waals surface area contributed by atoms with Gasteiger partial charge in [-0.2, -0.15) is 0 Å². The summed E-state index contributed by atoms with van der Waals surface area (Å²) in [6, 6.07) is 3.79. The number of carboxylic acid groups (broad SMARTS) is 1. The van der Waals surface area contributed by atoms with E-state index in [-0.39, 0.29) is 23.8 Å². The summed E-state index contributed by atoms with van der Waals surface area (Å²) in [5.41, 5.74) is 2.18. The molecule has 1 saturated carbocycles. The number of carboxylic acids is 1. The minimum absolute atomic E-state index is 0.0156. The number of allylic oxidation sites excluding steroid dienone is 2. The van der Waals surface area contributed by atoms with Gasteiger partial charge in [-0.25, -0.2) is 0 Å². The van der Waals surface area contributed by atoms with E-state index in [0.717, 1.165) is 24.0 Å². The van der Waals surface area contributed by atoms with Crippen LogP contribution >= 0.6 is 0 Å². The molecule has 6 nitrogen and oxygen atoms in total. The fourth-order valence-electron chi connectivity index (χ4n) is 5.13. The Morgan fingerprint density at radius 3 is 2.33 bits per heavy atom. The molecule has 3 aliphatic rings. The number of fused-ring (bicyclic) bond motifs is 3. The van der Waals surface area contributed by atoms with Gasteiger partial charge >= 0.3 is 5.97 Å². The molecule has 2 bridgehead atoms. The molecule has 0 aromatic heterocycles. The molecule has 2 aliphatic carbocycles. The van der Waals surface area contributed by atoms with Crippen molar-refractivity contribution in [2.75, 3.05) is 20.8 Å². The van der Waals surface area contributed by atoms with Gasteiger partial charge in [-0.15, -0.1) is 0 Å². The van der Waals surface area contributed by atoms with Gasteiger partial charge in [-0.05, 0) is 54.9 Å². The minimum Gasteiger partial charge on any atom is -0.493 e. The Balaban J connectivity index is 1.64. The van der Waals surface area contributed by atoms with Gasteiger partial charge in [0.05, 0.1) is 32.1 Å². The molecule has 144 valence electrons. The third-order valence-corrected chi connectivity index (χ3v) is 6.50. The number of aliphatic carboxylic acids is 1. The second-order valence-corrected chi connectivity index (χ2v) is 7.70. The van der Waals surface area contributed by atoms with Crippen LogP contribution in [-0.2, 0) is 16.0 Å². The van der Waals surface area contributed by atoms with E-state index in [1.807, 2.05) is 36.1 Å². The van der Waals surface area contributed by atoms with Crippen LogP contribution in [0.5, 0.6) is 11.5 Å². The molecule has 4 rings (SSSR count). The Hall–Kier alpha value is -2.50. The maximum atomic E-state index is 13.4. The van der Waals surface area contributed by atoms with Crippen LogP contribution in [0.1, 0.15) is 30.5 Å². The van der Waals surface area contributed by atoms with Crippen LogP contribution in [0.3, 0.4) is 0 Å². The summed E-state index contributed by atoms with van der Waals surface area (Å²) in [5, 5.41) is 9.67. The average molecular weight is 371 g/mol. The number of nitrogens with zero attached hydrogens (tertiary/aromatic N) is 1. The molecule has 1 aromatic carbocycles. The quantitative estimate of drug-likeness (QED) is 0.824. The maximum Gasteiger partial charge on any atom is 0.307 e. The number of methoxy groups -OCH3 is 2. The van der Waals surface area contributed by atoms with Crippen LogP contribution in [0.4, 0.5) is 0 Å². The van der Waals surface area contributed by atoms with E-state index in [0.29, 0.717) is 18.0 Å². The SMILES string of the molecule is COc1cc2c(cc1OC)C(C)N(C(=O)C1C3C=CC(C3)C1C(=O)O)CC2. The van der Waals surface area contributed by atoms with Crippen molar-refractivity contribution >= 4 is 11.9 Å². The van der Waals surface area contributed by atoms with Crippen LogP contribution in [0.15, 0.2) is 24.3 Å². The van der Waals surface area contributed by atoms with Crippen molar-refractivity contribution in [1.82, 2.24) is 4.90 Å². The molecule has 1 aliphatic heterocycles. The molecule has 5 atom stereocenters. The molecule has 1 aromatic rings. The van der Waals surface area contributed by atoms with E-state index >= 15 is 0 Å². The lowest BCUT2D eigenvalue weighted by atomic mass is 9.81. The summed E-state index contributed by atoms with van der Waals surface area (Å²) in [5.74, 6) is -0.598. The molecule has 0 saturated heterocycles. The van der Waals surface area contributed by atoms with Crippen LogP contribution in [-0.4, -0.2) is 42.6 Å². The van der Waals surface area contributed by atoms with E-state index < -0.39 is 17.8 Å². The number of carbonyl (C=O) groups is 2. The fourth-order valence-corrected chi connectivity index (χ4v) is 5.13. The number of carbonyl (C=O) groups excluding carboxylic acids is 1. The van der Waals surface area contributed by atoms with Gasteiger partial charge in [-0.1, -0.05) is 12.2 Å². The molecule has 0 radical (unpaired) electrons. The second kappa shape index (κ2) is 6.59. The van der Waals surface area contributed by atoms with Gasteiger partial charge in [-0.3, -0.25) is 9.59 Å². The summed E-state index contributed by atoms with van der Waals surface area (Å²) in [4.78, 5) is 27.0. The van der Waals surface area contributed by atoms with Crippen LogP contribution in [0, 0.1) is 23.7 Å². The topological polar surface area (TPSA) is 76.1 Å². The molecule has 6 heteroatoms. The molecular weight excluding hydrogens is 346 g/mol. The molecule has 1 N–H and O–H groups in total. The van der Waals surface area contributed by atoms with Crippen molar-refractivity contribution in [1.29, 1.82) is 0 Å². The number of rotatable bonds is 4. The predicted octanol–water partition coefficient (Wildman–Crippen LogP) is 2.67. The summed E-state index contributed by atoms with van der Waals surface area (Å²) in [6.45, 7) is 2.59. The largest absolute Gasteiger partial charge is 0.493 e. The standard InChI is InChI=1S/C21H25NO5/c1-11-15-10-17(27-3)16(26-2)9-12(15)6-7-22(11)20(23)18-13-4-5-14(8-13)19(18)21(24)25/h4-5,9-11,13-14,18-19H,6-8H2,1-3H3,(H,24,25). The Labute approximate surface area is 158 Å². The zero-order chi connectivity index (χ0) is 19.3. The highest BCUT2D eigenvalue weighted by Gasteiger charge is 2.53. The second-order valence-electron chi connectivity index (χ2n) is 7.70. The zero-order valence-corrected chi connectivity index (χ0v) is 15.8. The van der Waals surface area contributed by atoms with Gasteiger partial charge in [0.15, 0.2) is 11.5 Å². The molecular formula is C21H25NO5. The summed E-state index contributed by atoms with van der Waals surface area (Å²) in [6.07, 6.45) is 5.50. The van der Waals surface area contributed by atoms with Crippen LogP contribution < -0.4 is 9.47 Å². The number of hydrogen-bond donors (Lipinski definition) is 1. The first-order valence-electron chi connectivity index (χ1n) is 9.42. The molecule has 5 unspecified atom stereocenters. The fraction of sp³-hybridized carbons (Fsp3) is 0.524. The maximum absolute atomic E-state index is 13.4. The van der Waals surface area contributed by atoms with E-state index in [2.05, 4.69) is 0 Å². The first-order chi connectivity index (χ1) is 13.0. The first-order valence-corrected chi connectivity index (χ1v) is 9.42. The molecule has 0 spiro atoms. The van der Waals surface area contributed by atoms with Gasteiger partial charge in [0.25, 0.3) is 0 Å². The van der Waals surface area contributed by atoms with Crippen molar-refractivity contribution in [3.05, 3.63) is 35.4 Å². The third kappa shape index (κ3) is 2.69. The number of hydrogen-bond acceptors (Lipinski definition) is 4. The Morgan fingerprint density at radius 2 is 1.70 bits per heavy atom. The molecule has 1 fully saturated rings. The Morgan fingerprint density at radius 1 is 1.07 bits per heavy atom. The van der Waals surface area contributed by atoms with Gasteiger partial charge in [0.1, 0.15) is 0 Å². The zero-order valence-electron chi connectivity index (χ0n) is 15.8. The van der Waals surface area contributed by atoms with E-state index in [4.69, 9.17) is 9.47 Å². The van der Waals surface area contributed by atoms with Crippen molar-refractivity contribution < 1.29 is 24.2 Å². The number of benzene rings is 1. The highest BCUT2D eigenvalue weighted by molar-refractivity contribution is 5.87. The van der Waals surface area contributed by atoms with Crippen molar-refractivity contribution in [2.24, 2.45) is 23.7 Å². The van der Waals surface area contributed by atoms with Crippen molar-refractivity contribution in [2.45, 2.75) is 25.8 Å². The Kier molecular flexibility index (Phi) is 4.36. The summed E-state index contributed by atoms with van der Waals surface area (Å²) >= 11 is 0. The van der Waals surface area contributed by atoms with E-state index in [1.54, 1.807) is 14.2 Å². The normalized spacial score (nSPS) is 30.9. The Bertz CT molecular complexity index is 817.